The maximum absolute atomic E-state index is 12.4. The van der Waals surface area contributed by atoms with Gasteiger partial charge < -0.3 is 10.0 Å². The number of nitrogens with zero attached hydrogens (tertiary/aromatic N) is 4. The monoisotopic (exact) mass is 338 g/mol. The van der Waals surface area contributed by atoms with Gasteiger partial charge in [0.2, 0.25) is 5.91 Å². The second kappa shape index (κ2) is 6.11. The lowest BCUT2D eigenvalue weighted by molar-refractivity contribution is -0.130. The summed E-state index contributed by atoms with van der Waals surface area (Å²) in [6, 6.07) is 7.99. The number of aromatic nitrogens is 3. The number of β-amino-alcohol motifs (C(OH)–C–C–N with tert-alkyl or cyclic N) is 1. The van der Waals surface area contributed by atoms with Crippen molar-refractivity contribution in [2.24, 2.45) is 0 Å². The summed E-state index contributed by atoms with van der Waals surface area (Å²) in [5.41, 5.74) is 4.85. The molecule has 3 heterocycles. The normalized spacial score (nSPS) is 17.7. The van der Waals surface area contributed by atoms with Crippen LogP contribution in [0.5, 0.6) is 0 Å². The molecule has 1 fully saturated rings. The molecule has 4 rings (SSSR count). The second-order valence-corrected chi connectivity index (χ2v) is 6.80. The van der Waals surface area contributed by atoms with E-state index in [-0.39, 0.29) is 12.0 Å². The number of carbonyl (C=O) groups excluding carboxylic acids is 1. The zero-order valence-corrected chi connectivity index (χ0v) is 14.6. The molecule has 0 saturated carbocycles. The maximum Gasteiger partial charge on any atom is 0.222 e. The van der Waals surface area contributed by atoms with Crippen molar-refractivity contribution < 1.29 is 9.90 Å². The molecule has 0 spiro atoms. The largest absolute Gasteiger partial charge is 0.391 e. The fourth-order valence-electron chi connectivity index (χ4n) is 3.70. The van der Waals surface area contributed by atoms with E-state index in [0.29, 0.717) is 32.4 Å². The maximum atomic E-state index is 12.4. The Morgan fingerprint density at radius 3 is 2.88 bits per heavy atom. The number of benzene rings is 1. The van der Waals surface area contributed by atoms with Crippen LogP contribution < -0.4 is 0 Å². The fourth-order valence-corrected chi connectivity index (χ4v) is 3.70. The lowest BCUT2D eigenvalue weighted by Crippen LogP contribution is -2.29. The van der Waals surface area contributed by atoms with Crippen molar-refractivity contribution in [1.82, 2.24) is 19.5 Å². The van der Waals surface area contributed by atoms with Crippen molar-refractivity contribution in [2.45, 2.75) is 39.2 Å². The molecule has 1 atom stereocenters. The van der Waals surface area contributed by atoms with Gasteiger partial charge in [0.25, 0.3) is 0 Å². The van der Waals surface area contributed by atoms with Crippen LogP contribution in [0.3, 0.4) is 0 Å². The molecule has 1 N–H and O–H groups in total. The van der Waals surface area contributed by atoms with Gasteiger partial charge in [-0.15, -0.1) is 0 Å². The van der Waals surface area contributed by atoms with Crippen molar-refractivity contribution in [3.63, 3.8) is 0 Å². The number of aliphatic hydroxyl groups excluding tert-OH is 1. The van der Waals surface area contributed by atoms with Crippen LogP contribution in [0, 0.1) is 13.8 Å². The van der Waals surface area contributed by atoms with Crippen molar-refractivity contribution in [3.05, 3.63) is 41.2 Å². The predicted octanol–water partition coefficient (Wildman–Crippen LogP) is 2.03. The highest BCUT2D eigenvalue weighted by Crippen LogP contribution is 2.23. The first-order valence-corrected chi connectivity index (χ1v) is 8.74. The summed E-state index contributed by atoms with van der Waals surface area (Å²) >= 11 is 0. The molecule has 1 saturated heterocycles. The third-order valence-electron chi connectivity index (χ3n) is 5.12. The number of amides is 1. The average molecular weight is 338 g/mol. The fraction of sp³-hybridized carbons (Fsp3) is 0.421. The number of hydrogen-bond acceptors (Lipinski definition) is 4. The number of carbonyl (C=O) groups is 1. The van der Waals surface area contributed by atoms with E-state index >= 15 is 0 Å². The van der Waals surface area contributed by atoms with Gasteiger partial charge in [-0.1, -0.05) is 12.1 Å². The number of fused-ring (bicyclic) bond motifs is 3. The highest BCUT2D eigenvalue weighted by molar-refractivity contribution is 5.92. The molecule has 0 aliphatic carbocycles. The van der Waals surface area contributed by atoms with E-state index in [1.54, 1.807) is 4.90 Å². The van der Waals surface area contributed by atoms with E-state index in [4.69, 9.17) is 4.98 Å². The molecule has 130 valence electrons. The number of hydrogen-bond donors (Lipinski definition) is 1. The smallest absolute Gasteiger partial charge is 0.222 e. The summed E-state index contributed by atoms with van der Waals surface area (Å²) in [6.07, 6.45) is 1.38. The Bertz CT molecular complexity index is 963. The third kappa shape index (κ3) is 2.76. The van der Waals surface area contributed by atoms with Crippen LogP contribution in [0.25, 0.3) is 16.6 Å². The van der Waals surface area contributed by atoms with Crippen LogP contribution in [0.4, 0.5) is 0 Å². The van der Waals surface area contributed by atoms with E-state index in [1.165, 1.54) is 0 Å². The number of aryl methyl sites for hydroxylation is 2. The minimum Gasteiger partial charge on any atom is -0.391 e. The minimum absolute atomic E-state index is 0.0982. The molecule has 1 aliphatic heterocycles. The zero-order valence-electron chi connectivity index (χ0n) is 14.6. The van der Waals surface area contributed by atoms with Crippen LogP contribution in [0.15, 0.2) is 24.3 Å². The topological polar surface area (TPSA) is 70.7 Å². The second-order valence-electron chi connectivity index (χ2n) is 6.80. The first-order chi connectivity index (χ1) is 12.0. The number of rotatable bonds is 3. The van der Waals surface area contributed by atoms with Crippen LogP contribution >= 0.6 is 0 Å². The molecule has 25 heavy (non-hydrogen) atoms. The summed E-state index contributed by atoms with van der Waals surface area (Å²) in [4.78, 5) is 18.9. The first kappa shape index (κ1) is 16.0. The van der Waals surface area contributed by atoms with Gasteiger partial charge in [0.1, 0.15) is 0 Å². The summed E-state index contributed by atoms with van der Waals surface area (Å²) in [5.74, 6) is 0.0982. The zero-order chi connectivity index (χ0) is 17.6. The van der Waals surface area contributed by atoms with E-state index < -0.39 is 0 Å². The quantitative estimate of drug-likeness (QED) is 0.793. The predicted molar refractivity (Wildman–Crippen MR) is 95.5 cm³/mol. The first-order valence-electron chi connectivity index (χ1n) is 8.74. The Hall–Kier alpha value is -2.47. The molecule has 1 aromatic carbocycles. The van der Waals surface area contributed by atoms with Gasteiger partial charge in [-0.25, -0.2) is 9.50 Å². The van der Waals surface area contributed by atoms with Gasteiger partial charge in [0.15, 0.2) is 5.65 Å². The SMILES string of the molecule is Cc1nc2c3ccccc3nn2c(C)c1CCC(=O)N1CC[C@@H](O)C1. The molecule has 3 aromatic rings. The molecular formula is C19H22N4O2. The van der Waals surface area contributed by atoms with Gasteiger partial charge in [-0.3, -0.25) is 4.79 Å². The van der Waals surface area contributed by atoms with E-state index in [1.807, 2.05) is 42.6 Å². The van der Waals surface area contributed by atoms with Crippen molar-refractivity contribution >= 4 is 22.5 Å². The molecule has 1 aliphatic rings. The van der Waals surface area contributed by atoms with Crippen LogP contribution in [-0.4, -0.2) is 49.7 Å². The summed E-state index contributed by atoms with van der Waals surface area (Å²) in [5, 5.41) is 15.3. The van der Waals surface area contributed by atoms with Crippen molar-refractivity contribution in [2.75, 3.05) is 13.1 Å². The minimum atomic E-state index is -0.373. The van der Waals surface area contributed by atoms with Crippen LogP contribution in [-0.2, 0) is 11.2 Å². The molecule has 0 bridgehead atoms. The summed E-state index contributed by atoms with van der Waals surface area (Å²) < 4.78 is 1.89. The Kier molecular flexibility index (Phi) is 3.92. The van der Waals surface area contributed by atoms with Crippen LogP contribution in [0.1, 0.15) is 29.8 Å². The molecule has 0 radical (unpaired) electrons. The lowest BCUT2D eigenvalue weighted by Gasteiger charge is -2.16. The highest BCUT2D eigenvalue weighted by atomic mass is 16.3. The average Bonchev–Trinajstić information content (AvgIpc) is 3.19. The lowest BCUT2D eigenvalue weighted by atomic mass is 10.1. The van der Waals surface area contributed by atoms with E-state index in [0.717, 1.165) is 33.5 Å². The van der Waals surface area contributed by atoms with Gasteiger partial charge in [0.05, 0.1) is 11.6 Å². The molecule has 6 nitrogen and oxygen atoms in total. The van der Waals surface area contributed by atoms with Crippen molar-refractivity contribution in [3.8, 4) is 0 Å². The van der Waals surface area contributed by atoms with Crippen LogP contribution in [0.2, 0.25) is 0 Å². The van der Waals surface area contributed by atoms with E-state index in [2.05, 4.69) is 5.10 Å². The summed E-state index contributed by atoms with van der Waals surface area (Å²) in [6.45, 7) is 5.14. The Morgan fingerprint density at radius 1 is 1.32 bits per heavy atom. The molecule has 1 amide bonds. The van der Waals surface area contributed by atoms with Gasteiger partial charge in [0, 0.05) is 36.3 Å². The molecule has 2 aromatic heterocycles. The van der Waals surface area contributed by atoms with Gasteiger partial charge in [-0.05, 0) is 44.4 Å². The molecule has 0 unspecified atom stereocenters. The molecule has 6 heteroatoms. The Labute approximate surface area is 146 Å². The standard InChI is InChI=1S/C19H22N4O2/c1-12-15(7-8-18(25)22-10-9-14(24)11-22)13(2)23-19(20-12)16-5-3-4-6-17(16)21-23/h3-6,14,24H,7-11H2,1-2H3/t14-/m1/s1. The van der Waals surface area contributed by atoms with Gasteiger partial charge in [-0.2, -0.15) is 5.10 Å². The Balaban J connectivity index is 1.63. The van der Waals surface area contributed by atoms with Crippen molar-refractivity contribution in [1.29, 1.82) is 0 Å². The Morgan fingerprint density at radius 2 is 2.12 bits per heavy atom. The number of likely N-dealkylation sites (tertiary alicyclic amines) is 1. The summed E-state index contributed by atoms with van der Waals surface area (Å²) in [7, 11) is 0. The highest BCUT2D eigenvalue weighted by Gasteiger charge is 2.24. The van der Waals surface area contributed by atoms with E-state index in [9.17, 15) is 9.90 Å². The molecular weight excluding hydrogens is 316 g/mol. The third-order valence-corrected chi connectivity index (χ3v) is 5.12. The van der Waals surface area contributed by atoms with Gasteiger partial charge >= 0.3 is 0 Å². The number of aliphatic hydroxyl groups is 1.